The van der Waals surface area contributed by atoms with Crippen LogP contribution in [0.1, 0.15) is 17.0 Å². The van der Waals surface area contributed by atoms with Gasteiger partial charge in [-0.1, -0.05) is 12.1 Å². The number of aromatic nitrogens is 3. The molecular formula is C11H9F3N4S. The lowest BCUT2D eigenvalue weighted by atomic mass is 10.1. The van der Waals surface area contributed by atoms with Crippen LogP contribution in [-0.4, -0.2) is 21.1 Å². The molecule has 0 spiro atoms. The molecule has 1 heterocycles. The van der Waals surface area contributed by atoms with Gasteiger partial charge in [0, 0.05) is 0 Å². The second-order valence-corrected chi connectivity index (χ2v) is 4.14. The molecule has 0 unspecified atom stereocenters. The van der Waals surface area contributed by atoms with E-state index in [-0.39, 0.29) is 0 Å². The molecule has 2 rings (SSSR count). The summed E-state index contributed by atoms with van der Waals surface area (Å²) in [5.74, 6) is 0.563. The molecule has 0 aliphatic carbocycles. The summed E-state index contributed by atoms with van der Waals surface area (Å²) in [6.45, 7) is 1.70. The van der Waals surface area contributed by atoms with E-state index in [9.17, 15) is 13.2 Å². The standard InChI is InChI=1S/C11H9F3N4S/c1-7-16-17-10(19)18(7)15-6-8-2-4-9(5-3-8)11(12,13)14/h2-6H,1H3,(H,17,19)/b15-6-. The average molecular weight is 286 g/mol. The smallest absolute Gasteiger partial charge is 0.250 e. The lowest BCUT2D eigenvalue weighted by Gasteiger charge is -2.05. The number of nitrogens with zero attached hydrogens (tertiary/aromatic N) is 3. The number of aryl methyl sites for hydroxylation is 1. The molecule has 19 heavy (non-hydrogen) atoms. The number of halogens is 3. The van der Waals surface area contributed by atoms with Gasteiger partial charge in [-0.05, 0) is 36.8 Å². The zero-order valence-corrected chi connectivity index (χ0v) is 10.6. The van der Waals surface area contributed by atoms with E-state index in [0.29, 0.717) is 16.2 Å². The molecule has 0 fully saturated rings. The largest absolute Gasteiger partial charge is 0.416 e. The van der Waals surface area contributed by atoms with Gasteiger partial charge in [-0.15, -0.1) is 0 Å². The molecule has 1 N–H and O–H groups in total. The number of alkyl halides is 3. The van der Waals surface area contributed by atoms with Gasteiger partial charge in [-0.25, -0.2) is 0 Å². The van der Waals surface area contributed by atoms with Crippen molar-refractivity contribution < 1.29 is 13.2 Å². The Morgan fingerprint density at radius 3 is 2.42 bits per heavy atom. The van der Waals surface area contributed by atoms with Gasteiger partial charge in [0.05, 0.1) is 11.8 Å². The highest BCUT2D eigenvalue weighted by Gasteiger charge is 2.29. The Balaban J connectivity index is 2.23. The normalized spacial score (nSPS) is 12.2. The molecule has 0 saturated heterocycles. The second-order valence-electron chi connectivity index (χ2n) is 3.75. The van der Waals surface area contributed by atoms with E-state index in [4.69, 9.17) is 12.2 Å². The van der Waals surface area contributed by atoms with Crippen molar-refractivity contribution in [3.63, 3.8) is 0 Å². The van der Waals surface area contributed by atoms with E-state index in [1.165, 1.54) is 23.0 Å². The molecule has 0 bridgehead atoms. The first-order valence-corrected chi connectivity index (χ1v) is 5.64. The molecule has 0 amide bonds. The van der Waals surface area contributed by atoms with Crippen molar-refractivity contribution >= 4 is 18.4 Å². The number of nitrogens with one attached hydrogen (secondary N) is 1. The van der Waals surface area contributed by atoms with Crippen LogP contribution in [0, 0.1) is 11.7 Å². The van der Waals surface area contributed by atoms with Crippen molar-refractivity contribution in [1.29, 1.82) is 0 Å². The first-order valence-electron chi connectivity index (χ1n) is 5.23. The van der Waals surface area contributed by atoms with Crippen molar-refractivity contribution in [1.82, 2.24) is 14.9 Å². The van der Waals surface area contributed by atoms with Gasteiger partial charge in [-0.2, -0.15) is 28.0 Å². The fourth-order valence-corrected chi connectivity index (χ4v) is 1.61. The van der Waals surface area contributed by atoms with Crippen LogP contribution in [0.25, 0.3) is 0 Å². The van der Waals surface area contributed by atoms with Gasteiger partial charge < -0.3 is 0 Å². The van der Waals surface area contributed by atoms with Crippen LogP contribution in [0.2, 0.25) is 0 Å². The van der Waals surface area contributed by atoms with E-state index in [2.05, 4.69) is 15.3 Å². The van der Waals surface area contributed by atoms with E-state index in [1.807, 2.05) is 0 Å². The summed E-state index contributed by atoms with van der Waals surface area (Å²) in [6, 6.07) is 4.68. The summed E-state index contributed by atoms with van der Waals surface area (Å²) >= 11 is 4.94. The van der Waals surface area contributed by atoms with Gasteiger partial charge in [0.1, 0.15) is 5.82 Å². The lowest BCUT2D eigenvalue weighted by molar-refractivity contribution is -0.137. The maximum Gasteiger partial charge on any atom is 0.416 e. The van der Waals surface area contributed by atoms with Crippen LogP contribution in [0.3, 0.4) is 0 Å². The Bertz CT molecular complexity index is 652. The Morgan fingerprint density at radius 2 is 1.95 bits per heavy atom. The van der Waals surface area contributed by atoms with Crippen LogP contribution < -0.4 is 0 Å². The third-order valence-electron chi connectivity index (χ3n) is 2.37. The topological polar surface area (TPSA) is 46.0 Å². The predicted octanol–water partition coefficient (Wildman–Crippen LogP) is 3.15. The molecule has 0 aliphatic heterocycles. The number of benzene rings is 1. The number of hydrogen-bond donors (Lipinski definition) is 1. The molecular weight excluding hydrogens is 277 g/mol. The van der Waals surface area contributed by atoms with E-state index in [0.717, 1.165) is 12.1 Å². The molecule has 0 aliphatic rings. The fourth-order valence-electron chi connectivity index (χ4n) is 1.39. The molecule has 0 radical (unpaired) electrons. The van der Waals surface area contributed by atoms with Crippen LogP contribution >= 0.6 is 12.2 Å². The lowest BCUT2D eigenvalue weighted by Crippen LogP contribution is -2.04. The molecule has 8 heteroatoms. The fraction of sp³-hybridized carbons (Fsp3) is 0.182. The third-order valence-corrected chi connectivity index (χ3v) is 2.64. The molecule has 2 aromatic rings. The molecule has 1 aromatic carbocycles. The number of hydrogen-bond acceptors (Lipinski definition) is 3. The summed E-state index contributed by atoms with van der Waals surface area (Å²) in [6.07, 6.45) is -2.92. The van der Waals surface area contributed by atoms with Gasteiger partial charge in [0.15, 0.2) is 0 Å². The number of rotatable bonds is 2. The van der Waals surface area contributed by atoms with Crippen molar-refractivity contribution in [2.45, 2.75) is 13.1 Å². The number of aromatic amines is 1. The van der Waals surface area contributed by atoms with Crippen LogP contribution in [-0.2, 0) is 6.18 Å². The third kappa shape index (κ3) is 3.08. The van der Waals surface area contributed by atoms with Gasteiger partial charge in [0.2, 0.25) is 4.77 Å². The van der Waals surface area contributed by atoms with Crippen molar-refractivity contribution in [3.05, 3.63) is 46.0 Å². The van der Waals surface area contributed by atoms with Gasteiger partial charge in [0.25, 0.3) is 0 Å². The zero-order valence-electron chi connectivity index (χ0n) is 9.77. The molecule has 100 valence electrons. The Labute approximate surface area is 111 Å². The van der Waals surface area contributed by atoms with Crippen molar-refractivity contribution in [2.75, 3.05) is 0 Å². The SMILES string of the molecule is Cc1n[nH]c(=S)n1/N=C\c1ccc(C(F)(F)F)cc1. The van der Waals surface area contributed by atoms with Crippen LogP contribution in [0.4, 0.5) is 13.2 Å². The Kier molecular flexibility index (Phi) is 3.52. The average Bonchev–Trinajstić information content (AvgIpc) is 2.66. The molecule has 0 atom stereocenters. The van der Waals surface area contributed by atoms with E-state index < -0.39 is 11.7 Å². The molecule has 0 saturated carbocycles. The van der Waals surface area contributed by atoms with Crippen molar-refractivity contribution in [2.24, 2.45) is 5.10 Å². The van der Waals surface area contributed by atoms with E-state index >= 15 is 0 Å². The quantitative estimate of drug-likeness (QED) is 0.681. The molecule has 1 aromatic heterocycles. The first kappa shape index (κ1) is 13.5. The van der Waals surface area contributed by atoms with Crippen molar-refractivity contribution in [3.8, 4) is 0 Å². The zero-order chi connectivity index (χ0) is 14.0. The highest BCUT2D eigenvalue weighted by molar-refractivity contribution is 7.71. The predicted molar refractivity (Wildman–Crippen MR) is 66.6 cm³/mol. The summed E-state index contributed by atoms with van der Waals surface area (Å²) in [5.41, 5.74) is -0.156. The maximum atomic E-state index is 12.4. The summed E-state index contributed by atoms with van der Waals surface area (Å²) in [5, 5.41) is 10.5. The first-order chi connectivity index (χ1) is 8.88. The van der Waals surface area contributed by atoms with Crippen LogP contribution in [0.15, 0.2) is 29.4 Å². The monoisotopic (exact) mass is 286 g/mol. The van der Waals surface area contributed by atoms with Gasteiger partial charge in [-0.3, -0.25) is 5.10 Å². The number of H-pyrrole nitrogens is 1. The summed E-state index contributed by atoms with van der Waals surface area (Å²) < 4.78 is 38.8. The minimum absolute atomic E-state index is 0.320. The summed E-state index contributed by atoms with van der Waals surface area (Å²) in [4.78, 5) is 0. The van der Waals surface area contributed by atoms with E-state index in [1.54, 1.807) is 6.92 Å². The summed E-state index contributed by atoms with van der Waals surface area (Å²) in [7, 11) is 0. The van der Waals surface area contributed by atoms with Crippen LogP contribution in [0.5, 0.6) is 0 Å². The minimum Gasteiger partial charge on any atom is -0.250 e. The molecule has 4 nitrogen and oxygen atoms in total. The Hall–Kier alpha value is -1.96. The highest BCUT2D eigenvalue weighted by atomic mass is 32.1. The van der Waals surface area contributed by atoms with Gasteiger partial charge >= 0.3 is 6.18 Å². The highest BCUT2D eigenvalue weighted by Crippen LogP contribution is 2.28. The Morgan fingerprint density at radius 1 is 1.32 bits per heavy atom. The maximum absolute atomic E-state index is 12.4. The minimum atomic E-state index is -4.33. The second kappa shape index (κ2) is 4.96.